The second kappa shape index (κ2) is 6.09. The maximum Gasteiger partial charge on any atom is 0.0624 e. The van der Waals surface area contributed by atoms with Crippen molar-refractivity contribution in [2.75, 3.05) is 19.4 Å². The van der Waals surface area contributed by atoms with E-state index in [1.807, 2.05) is 18.8 Å². The summed E-state index contributed by atoms with van der Waals surface area (Å²) >= 11 is 1.92. The number of benzene rings is 1. The molecule has 0 saturated heterocycles. The van der Waals surface area contributed by atoms with Crippen LogP contribution in [-0.4, -0.2) is 30.1 Å². The first-order valence-electron chi connectivity index (χ1n) is 6.63. The average Bonchev–Trinajstić information content (AvgIpc) is 3.20. The minimum Gasteiger partial charge on any atom is -0.394 e. The Morgan fingerprint density at radius 2 is 2.22 bits per heavy atom. The monoisotopic (exact) mass is 265 g/mol. The van der Waals surface area contributed by atoms with E-state index in [4.69, 9.17) is 0 Å². The molecule has 2 nitrogen and oxygen atoms in total. The Morgan fingerprint density at radius 1 is 1.44 bits per heavy atom. The molecule has 3 heteroatoms. The van der Waals surface area contributed by atoms with E-state index in [-0.39, 0.29) is 12.1 Å². The molecular formula is C15H23NOS. The fraction of sp³-hybridized carbons (Fsp3) is 0.600. The summed E-state index contributed by atoms with van der Waals surface area (Å²) in [5.74, 6) is 2.67. The van der Waals surface area contributed by atoms with Crippen LogP contribution in [-0.2, 0) is 5.75 Å². The summed E-state index contributed by atoms with van der Waals surface area (Å²) in [6.07, 6.45) is 2.51. The Kier molecular flexibility index (Phi) is 4.71. The molecule has 1 fully saturated rings. The lowest BCUT2D eigenvalue weighted by molar-refractivity contribution is 0.167. The summed E-state index contributed by atoms with van der Waals surface area (Å²) in [7, 11) is 1.97. The highest BCUT2D eigenvalue weighted by Gasteiger charge is 2.43. The first-order chi connectivity index (χ1) is 8.70. The molecule has 0 aliphatic heterocycles. The molecule has 1 aromatic carbocycles. The number of aryl methyl sites for hydroxylation is 1. The molecule has 100 valence electrons. The average molecular weight is 265 g/mol. The third kappa shape index (κ3) is 3.28. The summed E-state index contributed by atoms with van der Waals surface area (Å²) in [6, 6.07) is 8.66. The third-order valence-electron chi connectivity index (χ3n) is 3.85. The number of nitrogens with one attached hydrogen (secondary N) is 1. The maximum atomic E-state index is 9.65. The molecule has 1 atom stereocenters. The van der Waals surface area contributed by atoms with Crippen molar-refractivity contribution in [2.45, 2.75) is 31.1 Å². The Morgan fingerprint density at radius 3 is 2.78 bits per heavy atom. The summed E-state index contributed by atoms with van der Waals surface area (Å²) in [5.41, 5.74) is 2.63. The van der Waals surface area contributed by atoms with Crippen molar-refractivity contribution in [3.05, 3.63) is 35.4 Å². The summed E-state index contributed by atoms with van der Waals surface area (Å²) < 4.78 is 0. The molecular weight excluding hydrogens is 242 g/mol. The van der Waals surface area contributed by atoms with E-state index >= 15 is 0 Å². The highest BCUT2D eigenvalue weighted by atomic mass is 32.2. The maximum absolute atomic E-state index is 9.65. The predicted octanol–water partition coefficient (Wildman–Crippen LogP) is 2.59. The normalized spacial score (nSPS) is 18.6. The quantitative estimate of drug-likeness (QED) is 0.795. The number of aliphatic hydroxyl groups excluding tert-OH is 1. The minimum atomic E-state index is -0.0610. The second-order valence-electron chi connectivity index (χ2n) is 5.32. The molecule has 2 N–H and O–H groups in total. The van der Waals surface area contributed by atoms with Gasteiger partial charge in [-0.1, -0.05) is 29.8 Å². The zero-order valence-corrected chi connectivity index (χ0v) is 12.1. The van der Waals surface area contributed by atoms with E-state index in [1.54, 1.807) is 0 Å². The molecule has 2 rings (SSSR count). The number of hydrogen-bond donors (Lipinski definition) is 2. The van der Waals surface area contributed by atoms with Gasteiger partial charge in [0, 0.05) is 11.5 Å². The zero-order valence-electron chi connectivity index (χ0n) is 11.3. The largest absolute Gasteiger partial charge is 0.394 e. The molecule has 0 radical (unpaired) electrons. The van der Waals surface area contributed by atoms with Crippen molar-refractivity contribution >= 4 is 11.8 Å². The van der Waals surface area contributed by atoms with Crippen LogP contribution in [0.15, 0.2) is 24.3 Å². The van der Waals surface area contributed by atoms with Gasteiger partial charge in [0.15, 0.2) is 0 Å². The fourth-order valence-corrected chi connectivity index (χ4v) is 3.79. The molecule has 0 bridgehead atoms. The van der Waals surface area contributed by atoms with Crippen molar-refractivity contribution in [1.82, 2.24) is 5.32 Å². The second-order valence-corrected chi connectivity index (χ2v) is 6.31. The smallest absolute Gasteiger partial charge is 0.0624 e. The Balaban J connectivity index is 1.87. The molecule has 0 amide bonds. The first kappa shape index (κ1) is 13.9. The van der Waals surface area contributed by atoms with Gasteiger partial charge in [-0.3, -0.25) is 0 Å². The number of aliphatic hydroxyl groups is 1. The van der Waals surface area contributed by atoms with Gasteiger partial charge in [-0.15, -0.1) is 0 Å². The highest BCUT2D eigenvalue weighted by molar-refractivity contribution is 7.98. The van der Waals surface area contributed by atoms with Crippen molar-refractivity contribution in [1.29, 1.82) is 0 Å². The molecule has 1 saturated carbocycles. The van der Waals surface area contributed by atoms with Crippen LogP contribution in [0.25, 0.3) is 0 Å². The van der Waals surface area contributed by atoms with Gasteiger partial charge in [0.1, 0.15) is 0 Å². The van der Waals surface area contributed by atoms with Crippen LogP contribution in [0, 0.1) is 12.8 Å². The third-order valence-corrected chi connectivity index (χ3v) is 5.11. The van der Waals surface area contributed by atoms with Crippen LogP contribution < -0.4 is 5.32 Å². The lowest BCUT2D eigenvalue weighted by Crippen LogP contribution is -2.51. The summed E-state index contributed by atoms with van der Waals surface area (Å²) in [5, 5.41) is 13.0. The van der Waals surface area contributed by atoms with E-state index in [1.165, 1.54) is 24.0 Å². The van der Waals surface area contributed by atoms with Crippen LogP contribution >= 0.6 is 11.8 Å². The first-order valence-corrected chi connectivity index (χ1v) is 7.79. The molecule has 1 aliphatic carbocycles. The Bertz CT molecular complexity index is 386. The van der Waals surface area contributed by atoms with Gasteiger partial charge in [0.25, 0.3) is 0 Å². The Labute approximate surface area is 114 Å². The van der Waals surface area contributed by atoms with Crippen molar-refractivity contribution in [3.63, 3.8) is 0 Å². The van der Waals surface area contributed by atoms with Gasteiger partial charge < -0.3 is 10.4 Å². The van der Waals surface area contributed by atoms with Gasteiger partial charge in [-0.25, -0.2) is 0 Å². The molecule has 0 spiro atoms. The van der Waals surface area contributed by atoms with Gasteiger partial charge in [0.2, 0.25) is 0 Å². The van der Waals surface area contributed by atoms with Crippen molar-refractivity contribution < 1.29 is 5.11 Å². The topological polar surface area (TPSA) is 32.3 Å². The van der Waals surface area contributed by atoms with E-state index in [2.05, 4.69) is 36.5 Å². The molecule has 1 aromatic rings. The molecule has 0 aromatic heterocycles. The van der Waals surface area contributed by atoms with E-state index in [9.17, 15) is 5.11 Å². The molecule has 18 heavy (non-hydrogen) atoms. The number of likely N-dealkylation sites (N-methyl/N-ethyl adjacent to an activating group) is 1. The van der Waals surface area contributed by atoms with Gasteiger partial charge >= 0.3 is 0 Å². The van der Waals surface area contributed by atoms with Crippen molar-refractivity contribution in [3.8, 4) is 0 Å². The van der Waals surface area contributed by atoms with Crippen LogP contribution in [0.1, 0.15) is 24.0 Å². The van der Waals surface area contributed by atoms with Crippen molar-refractivity contribution in [2.24, 2.45) is 5.92 Å². The minimum absolute atomic E-state index is 0.0610. The number of hydrogen-bond acceptors (Lipinski definition) is 3. The van der Waals surface area contributed by atoms with E-state index in [0.717, 1.165) is 11.5 Å². The predicted molar refractivity (Wildman–Crippen MR) is 78.9 cm³/mol. The Hall–Kier alpha value is -0.510. The van der Waals surface area contributed by atoms with Gasteiger partial charge in [-0.2, -0.15) is 11.8 Å². The summed E-state index contributed by atoms with van der Waals surface area (Å²) in [4.78, 5) is 0. The van der Waals surface area contributed by atoms with Gasteiger partial charge in [-0.05, 0) is 38.3 Å². The number of thioether (sulfide) groups is 1. The van der Waals surface area contributed by atoms with E-state index in [0.29, 0.717) is 5.92 Å². The number of rotatable bonds is 7. The lowest BCUT2D eigenvalue weighted by Gasteiger charge is -2.31. The van der Waals surface area contributed by atoms with Crippen LogP contribution in [0.2, 0.25) is 0 Å². The van der Waals surface area contributed by atoms with E-state index < -0.39 is 0 Å². The fourth-order valence-electron chi connectivity index (χ4n) is 2.44. The van der Waals surface area contributed by atoms with Gasteiger partial charge in [0.05, 0.1) is 12.1 Å². The zero-order chi connectivity index (χ0) is 13.0. The highest BCUT2D eigenvalue weighted by Crippen LogP contribution is 2.41. The standard InChI is InChI=1S/C15H23NOS/c1-12-4-3-5-13(8-12)9-18-11-15(10-17,16-2)14-6-7-14/h3-5,8,14,16-17H,6-7,9-11H2,1-2H3. The molecule has 1 aliphatic rings. The van der Waals surface area contributed by atoms with Crippen LogP contribution in [0.5, 0.6) is 0 Å². The van der Waals surface area contributed by atoms with Crippen LogP contribution in [0.3, 0.4) is 0 Å². The lowest BCUT2D eigenvalue weighted by atomic mass is 9.97. The molecule has 1 unspecified atom stereocenters. The summed E-state index contributed by atoms with van der Waals surface area (Å²) in [6.45, 7) is 2.37. The van der Waals surface area contributed by atoms with Crippen LogP contribution in [0.4, 0.5) is 0 Å². The molecule has 0 heterocycles. The SMILES string of the molecule is CNC(CO)(CSCc1cccc(C)c1)C1CC1.